The summed E-state index contributed by atoms with van der Waals surface area (Å²) in [5, 5.41) is 0. The molecule has 1 atom stereocenters. The van der Waals surface area contributed by atoms with Crippen LogP contribution in [0.4, 0.5) is 0 Å². The molecule has 0 radical (unpaired) electrons. The summed E-state index contributed by atoms with van der Waals surface area (Å²) in [6.07, 6.45) is 9.82. The first-order chi connectivity index (χ1) is 9.30. The van der Waals surface area contributed by atoms with Crippen LogP contribution in [0.15, 0.2) is 24.4 Å². The third-order valence-corrected chi connectivity index (χ3v) is 4.33. The number of aromatic nitrogens is 1. The van der Waals surface area contributed by atoms with Gasteiger partial charge in [-0.2, -0.15) is 0 Å². The fraction of sp³-hybridized carbons (Fsp3) is 0.667. The molecular formula is C15H25N3O. The lowest BCUT2D eigenvalue weighted by Gasteiger charge is -2.38. The van der Waals surface area contributed by atoms with E-state index in [1.807, 2.05) is 31.5 Å². The average Bonchev–Trinajstić information content (AvgIpc) is 2.72. The van der Waals surface area contributed by atoms with E-state index in [1.165, 1.54) is 25.7 Å². The van der Waals surface area contributed by atoms with E-state index in [1.54, 1.807) is 0 Å². The molecule has 1 aliphatic carbocycles. The van der Waals surface area contributed by atoms with Gasteiger partial charge in [-0.15, -0.1) is 0 Å². The molecule has 106 valence electrons. The molecule has 1 aromatic rings. The second-order valence-corrected chi connectivity index (χ2v) is 5.43. The summed E-state index contributed by atoms with van der Waals surface area (Å²) >= 11 is 0. The molecule has 3 N–H and O–H groups in total. The Morgan fingerprint density at radius 2 is 2.05 bits per heavy atom. The van der Waals surface area contributed by atoms with Crippen LogP contribution >= 0.6 is 0 Å². The van der Waals surface area contributed by atoms with Gasteiger partial charge in [-0.1, -0.05) is 31.7 Å². The lowest BCUT2D eigenvalue weighted by Crippen LogP contribution is -2.55. The van der Waals surface area contributed by atoms with Gasteiger partial charge < -0.3 is 4.74 Å². The predicted molar refractivity (Wildman–Crippen MR) is 76.5 cm³/mol. The SMILES string of the molecule is COC1(C(Cc2ccccn2)NN)CCCCCC1. The summed E-state index contributed by atoms with van der Waals surface area (Å²) in [5.74, 6) is 5.81. The highest BCUT2D eigenvalue weighted by Gasteiger charge is 2.38. The van der Waals surface area contributed by atoms with Gasteiger partial charge in [0.15, 0.2) is 0 Å². The third kappa shape index (κ3) is 3.53. The first-order valence-electron chi connectivity index (χ1n) is 7.22. The number of hydrogen-bond donors (Lipinski definition) is 2. The second-order valence-electron chi connectivity index (χ2n) is 5.43. The van der Waals surface area contributed by atoms with Crippen molar-refractivity contribution in [3.63, 3.8) is 0 Å². The molecule has 0 saturated heterocycles. The predicted octanol–water partition coefficient (Wildman–Crippen LogP) is 2.20. The van der Waals surface area contributed by atoms with Crippen molar-refractivity contribution in [3.8, 4) is 0 Å². The molecule has 1 aliphatic rings. The van der Waals surface area contributed by atoms with Crippen LogP contribution in [-0.2, 0) is 11.2 Å². The van der Waals surface area contributed by atoms with E-state index in [9.17, 15) is 0 Å². The Bertz CT molecular complexity index is 361. The van der Waals surface area contributed by atoms with Crippen LogP contribution in [0, 0.1) is 0 Å². The first kappa shape index (κ1) is 14.4. The molecule has 1 aromatic heterocycles. The fourth-order valence-corrected chi connectivity index (χ4v) is 3.15. The smallest absolute Gasteiger partial charge is 0.0848 e. The minimum Gasteiger partial charge on any atom is -0.377 e. The Labute approximate surface area is 115 Å². The van der Waals surface area contributed by atoms with Crippen LogP contribution in [0.5, 0.6) is 0 Å². The quantitative estimate of drug-likeness (QED) is 0.486. The van der Waals surface area contributed by atoms with Gasteiger partial charge in [0.1, 0.15) is 0 Å². The minimum atomic E-state index is -0.150. The molecule has 1 fully saturated rings. The van der Waals surface area contributed by atoms with E-state index in [0.717, 1.165) is 25.0 Å². The number of hydrogen-bond acceptors (Lipinski definition) is 4. The van der Waals surface area contributed by atoms with Crippen molar-refractivity contribution in [3.05, 3.63) is 30.1 Å². The van der Waals surface area contributed by atoms with E-state index in [-0.39, 0.29) is 11.6 Å². The minimum absolute atomic E-state index is 0.116. The number of hydrazine groups is 1. The van der Waals surface area contributed by atoms with E-state index in [0.29, 0.717) is 0 Å². The third-order valence-electron chi connectivity index (χ3n) is 4.33. The number of nitrogens with one attached hydrogen (secondary N) is 1. The van der Waals surface area contributed by atoms with Crippen molar-refractivity contribution in [1.29, 1.82) is 0 Å². The van der Waals surface area contributed by atoms with Crippen molar-refractivity contribution in [1.82, 2.24) is 10.4 Å². The Morgan fingerprint density at radius 1 is 1.32 bits per heavy atom. The molecule has 0 amide bonds. The number of nitrogens with zero attached hydrogens (tertiary/aromatic N) is 1. The summed E-state index contributed by atoms with van der Waals surface area (Å²) in [7, 11) is 1.81. The monoisotopic (exact) mass is 263 g/mol. The van der Waals surface area contributed by atoms with Gasteiger partial charge in [-0.05, 0) is 25.0 Å². The van der Waals surface area contributed by atoms with Gasteiger partial charge in [0.25, 0.3) is 0 Å². The van der Waals surface area contributed by atoms with Crippen molar-refractivity contribution in [2.75, 3.05) is 7.11 Å². The second kappa shape index (κ2) is 6.98. The van der Waals surface area contributed by atoms with Crippen LogP contribution in [0.2, 0.25) is 0 Å². The lowest BCUT2D eigenvalue weighted by molar-refractivity contribution is -0.0529. The topological polar surface area (TPSA) is 60.2 Å². The molecule has 4 heteroatoms. The molecule has 0 aromatic carbocycles. The molecule has 1 unspecified atom stereocenters. The maximum atomic E-state index is 5.91. The van der Waals surface area contributed by atoms with Gasteiger partial charge in [0.2, 0.25) is 0 Å². The maximum absolute atomic E-state index is 5.91. The molecular weight excluding hydrogens is 238 g/mol. The van der Waals surface area contributed by atoms with Crippen molar-refractivity contribution >= 4 is 0 Å². The van der Waals surface area contributed by atoms with Crippen LogP contribution in [-0.4, -0.2) is 23.7 Å². The molecule has 0 spiro atoms. The van der Waals surface area contributed by atoms with Crippen molar-refractivity contribution < 1.29 is 4.74 Å². The summed E-state index contributed by atoms with van der Waals surface area (Å²) in [4.78, 5) is 4.40. The highest BCUT2D eigenvalue weighted by Crippen LogP contribution is 2.33. The maximum Gasteiger partial charge on any atom is 0.0848 e. The number of rotatable bonds is 5. The molecule has 19 heavy (non-hydrogen) atoms. The lowest BCUT2D eigenvalue weighted by atomic mass is 9.84. The average molecular weight is 263 g/mol. The highest BCUT2D eigenvalue weighted by molar-refractivity contribution is 5.08. The molecule has 1 heterocycles. The molecule has 0 bridgehead atoms. The van der Waals surface area contributed by atoms with Crippen LogP contribution < -0.4 is 11.3 Å². The largest absolute Gasteiger partial charge is 0.377 e. The van der Waals surface area contributed by atoms with Crippen molar-refractivity contribution in [2.45, 2.75) is 56.6 Å². The highest BCUT2D eigenvalue weighted by atomic mass is 16.5. The van der Waals surface area contributed by atoms with E-state index in [4.69, 9.17) is 10.6 Å². The van der Waals surface area contributed by atoms with Gasteiger partial charge in [0, 0.05) is 25.4 Å². The zero-order chi connectivity index (χ0) is 13.6. The number of pyridine rings is 1. The van der Waals surface area contributed by atoms with Gasteiger partial charge in [0.05, 0.1) is 11.6 Å². The number of ether oxygens (including phenoxy) is 1. The molecule has 4 nitrogen and oxygen atoms in total. The summed E-state index contributed by atoms with van der Waals surface area (Å²) in [5.41, 5.74) is 3.89. The van der Waals surface area contributed by atoms with E-state index in [2.05, 4.69) is 10.4 Å². The fourth-order valence-electron chi connectivity index (χ4n) is 3.15. The Kier molecular flexibility index (Phi) is 5.31. The van der Waals surface area contributed by atoms with Crippen LogP contribution in [0.3, 0.4) is 0 Å². The summed E-state index contributed by atoms with van der Waals surface area (Å²) < 4.78 is 5.91. The molecule has 0 aliphatic heterocycles. The summed E-state index contributed by atoms with van der Waals surface area (Å²) in [6, 6.07) is 6.12. The molecule has 2 rings (SSSR count). The number of nitrogens with two attached hydrogens (primary N) is 1. The summed E-state index contributed by atoms with van der Waals surface area (Å²) in [6.45, 7) is 0. The van der Waals surface area contributed by atoms with Gasteiger partial charge in [-0.3, -0.25) is 16.3 Å². The van der Waals surface area contributed by atoms with E-state index < -0.39 is 0 Å². The van der Waals surface area contributed by atoms with Crippen LogP contribution in [0.1, 0.15) is 44.2 Å². The number of methoxy groups -OCH3 is 1. The zero-order valence-electron chi connectivity index (χ0n) is 11.8. The Balaban J connectivity index is 2.13. The van der Waals surface area contributed by atoms with Crippen LogP contribution in [0.25, 0.3) is 0 Å². The van der Waals surface area contributed by atoms with Crippen molar-refractivity contribution in [2.24, 2.45) is 5.84 Å². The Morgan fingerprint density at radius 3 is 2.58 bits per heavy atom. The Hall–Kier alpha value is -0.970. The van der Waals surface area contributed by atoms with Gasteiger partial charge >= 0.3 is 0 Å². The molecule has 1 saturated carbocycles. The standard InChI is InChI=1S/C15H25N3O/c1-19-15(9-5-2-3-6-10-15)14(18-16)12-13-8-4-7-11-17-13/h4,7-8,11,14,18H,2-3,5-6,9-10,12,16H2,1H3. The van der Waals surface area contributed by atoms with E-state index >= 15 is 0 Å². The normalized spacial score (nSPS) is 20.7. The first-order valence-corrected chi connectivity index (χ1v) is 7.22. The van der Waals surface area contributed by atoms with Gasteiger partial charge in [-0.25, -0.2) is 0 Å². The zero-order valence-corrected chi connectivity index (χ0v) is 11.8.